The van der Waals surface area contributed by atoms with E-state index in [1.165, 1.54) is 4.88 Å². The molecule has 2 aromatic carbocycles. The van der Waals surface area contributed by atoms with Crippen LogP contribution in [-0.4, -0.2) is 54.5 Å². The first kappa shape index (κ1) is 24.8. The molecule has 0 spiro atoms. The van der Waals surface area contributed by atoms with Crippen LogP contribution in [0.15, 0.2) is 66.0 Å². The number of rotatable bonds is 9. The molecular formula is C28H32N2O4S. The molecule has 6 nitrogen and oxygen atoms in total. The molecule has 35 heavy (non-hydrogen) atoms. The average Bonchev–Trinajstić information content (AvgIpc) is 3.39. The Morgan fingerprint density at radius 3 is 2.63 bits per heavy atom. The molecule has 7 heteroatoms. The van der Waals surface area contributed by atoms with Crippen molar-refractivity contribution in [1.29, 1.82) is 0 Å². The molecule has 1 aliphatic rings. The maximum Gasteiger partial charge on any atom is 0.254 e. The van der Waals surface area contributed by atoms with Gasteiger partial charge in [0, 0.05) is 29.1 Å². The third kappa shape index (κ3) is 5.68. The second-order valence-corrected chi connectivity index (χ2v) is 9.70. The molecule has 0 fully saturated rings. The van der Waals surface area contributed by atoms with Gasteiger partial charge in [-0.2, -0.15) is 0 Å². The van der Waals surface area contributed by atoms with Crippen LogP contribution in [-0.2, 0) is 11.2 Å². The third-order valence-corrected chi connectivity index (χ3v) is 7.57. The van der Waals surface area contributed by atoms with Gasteiger partial charge in [0.15, 0.2) is 0 Å². The highest BCUT2D eigenvalue weighted by atomic mass is 32.1. The highest BCUT2D eigenvalue weighted by molar-refractivity contribution is 7.10. The van der Waals surface area contributed by atoms with Gasteiger partial charge < -0.3 is 19.3 Å². The molecule has 2 heterocycles. The standard InChI is InChI=1S/C28H32N2O4S/c1-4-20(2)30(28(32)21-9-6-5-7-10-21)18-27(31)29-15-13-26-24(14-16-35-26)25(29)19-34-23-12-8-11-22(17-23)33-3/h5-12,14,16-17,20,25H,4,13,15,18-19H2,1-3H3/t20-,25-/m0/s1. The molecule has 4 rings (SSSR count). The maximum absolute atomic E-state index is 13.7. The number of amides is 2. The van der Waals surface area contributed by atoms with E-state index in [1.54, 1.807) is 35.5 Å². The Morgan fingerprint density at radius 2 is 1.89 bits per heavy atom. The van der Waals surface area contributed by atoms with Crippen LogP contribution in [0.3, 0.4) is 0 Å². The summed E-state index contributed by atoms with van der Waals surface area (Å²) < 4.78 is 11.4. The number of ether oxygens (including phenoxy) is 2. The summed E-state index contributed by atoms with van der Waals surface area (Å²) >= 11 is 1.72. The second-order valence-electron chi connectivity index (χ2n) is 8.70. The number of benzene rings is 2. The first-order chi connectivity index (χ1) is 17.0. The number of methoxy groups -OCH3 is 1. The van der Waals surface area contributed by atoms with E-state index in [0.29, 0.717) is 24.5 Å². The Labute approximate surface area is 211 Å². The van der Waals surface area contributed by atoms with Gasteiger partial charge in [0.25, 0.3) is 5.91 Å². The van der Waals surface area contributed by atoms with Crippen LogP contribution in [0.25, 0.3) is 0 Å². The topological polar surface area (TPSA) is 59.1 Å². The summed E-state index contributed by atoms with van der Waals surface area (Å²) in [4.78, 5) is 31.8. The van der Waals surface area contributed by atoms with Gasteiger partial charge in [-0.25, -0.2) is 0 Å². The minimum Gasteiger partial charge on any atom is -0.497 e. The van der Waals surface area contributed by atoms with Crippen molar-refractivity contribution >= 4 is 23.2 Å². The monoisotopic (exact) mass is 492 g/mol. The summed E-state index contributed by atoms with van der Waals surface area (Å²) in [5.74, 6) is 1.23. The molecule has 3 aromatic rings. The fourth-order valence-electron chi connectivity index (χ4n) is 4.37. The lowest BCUT2D eigenvalue weighted by Crippen LogP contribution is -2.49. The van der Waals surface area contributed by atoms with E-state index in [0.717, 1.165) is 24.2 Å². The predicted molar refractivity (Wildman–Crippen MR) is 138 cm³/mol. The minimum atomic E-state index is -0.214. The van der Waals surface area contributed by atoms with Crippen molar-refractivity contribution in [3.8, 4) is 11.5 Å². The van der Waals surface area contributed by atoms with Gasteiger partial charge in [0.05, 0.1) is 13.2 Å². The van der Waals surface area contributed by atoms with Crippen LogP contribution >= 0.6 is 11.3 Å². The number of carbonyl (C=O) groups excluding carboxylic acids is 2. The lowest BCUT2D eigenvalue weighted by molar-refractivity contribution is -0.136. The van der Waals surface area contributed by atoms with Gasteiger partial charge in [-0.3, -0.25) is 9.59 Å². The molecule has 0 unspecified atom stereocenters. The average molecular weight is 493 g/mol. The number of fused-ring (bicyclic) bond motifs is 1. The van der Waals surface area contributed by atoms with Crippen molar-refractivity contribution in [3.05, 3.63) is 82.0 Å². The Balaban J connectivity index is 1.54. The number of thiophene rings is 1. The molecule has 0 aliphatic carbocycles. The lowest BCUT2D eigenvalue weighted by Gasteiger charge is -2.38. The van der Waals surface area contributed by atoms with E-state index < -0.39 is 0 Å². The quantitative estimate of drug-likeness (QED) is 0.412. The van der Waals surface area contributed by atoms with E-state index in [1.807, 2.05) is 61.2 Å². The van der Waals surface area contributed by atoms with Crippen molar-refractivity contribution in [2.75, 3.05) is 26.8 Å². The number of hydrogen-bond donors (Lipinski definition) is 0. The zero-order valence-electron chi connectivity index (χ0n) is 20.5. The van der Waals surface area contributed by atoms with Gasteiger partial charge >= 0.3 is 0 Å². The highest BCUT2D eigenvalue weighted by Gasteiger charge is 2.34. The number of hydrogen-bond acceptors (Lipinski definition) is 5. The van der Waals surface area contributed by atoms with Crippen molar-refractivity contribution in [1.82, 2.24) is 9.80 Å². The maximum atomic E-state index is 13.7. The zero-order valence-corrected chi connectivity index (χ0v) is 21.3. The van der Waals surface area contributed by atoms with Crippen molar-refractivity contribution in [3.63, 3.8) is 0 Å². The molecular weight excluding hydrogens is 460 g/mol. The van der Waals surface area contributed by atoms with Gasteiger partial charge in [-0.05, 0) is 61.0 Å². The van der Waals surface area contributed by atoms with Crippen LogP contribution in [0.4, 0.5) is 0 Å². The van der Waals surface area contributed by atoms with Crippen LogP contribution in [0, 0.1) is 0 Å². The van der Waals surface area contributed by atoms with Crippen molar-refractivity contribution in [2.45, 2.75) is 38.8 Å². The molecule has 0 bridgehead atoms. The van der Waals surface area contributed by atoms with Gasteiger partial charge in [-0.15, -0.1) is 11.3 Å². The summed E-state index contributed by atoms with van der Waals surface area (Å²) in [7, 11) is 1.62. The molecule has 184 valence electrons. The van der Waals surface area contributed by atoms with E-state index in [4.69, 9.17) is 9.47 Å². The smallest absolute Gasteiger partial charge is 0.254 e. The largest absolute Gasteiger partial charge is 0.497 e. The Kier molecular flexibility index (Phi) is 8.08. The van der Waals surface area contributed by atoms with E-state index in [-0.39, 0.29) is 30.4 Å². The summed E-state index contributed by atoms with van der Waals surface area (Å²) in [5.41, 5.74) is 1.72. The predicted octanol–water partition coefficient (Wildman–Crippen LogP) is 5.20. The molecule has 0 saturated heterocycles. The number of carbonyl (C=O) groups is 2. The Bertz CT molecular complexity index is 1150. The fraction of sp³-hybridized carbons (Fsp3) is 0.357. The molecule has 2 amide bonds. The molecule has 1 aromatic heterocycles. The van der Waals surface area contributed by atoms with Gasteiger partial charge in [-0.1, -0.05) is 31.2 Å². The van der Waals surface area contributed by atoms with E-state index >= 15 is 0 Å². The van der Waals surface area contributed by atoms with Crippen LogP contribution in [0.2, 0.25) is 0 Å². The van der Waals surface area contributed by atoms with Crippen molar-refractivity contribution < 1.29 is 19.1 Å². The first-order valence-electron chi connectivity index (χ1n) is 12.0. The second kappa shape index (κ2) is 11.4. The summed E-state index contributed by atoms with van der Waals surface area (Å²) in [6, 6.07) is 18.5. The molecule has 0 radical (unpaired) electrons. The third-order valence-electron chi connectivity index (χ3n) is 6.57. The van der Waals surface area contributed by atoms with Crippen LogP contribution in [0.1, 0.15) is 47.1 Å². The molecule has 2 atom stereocenters. The summed E-state index contributed by atoms with van der Waals surface area (Å²) in [6.45, 7) is 5.00. The number of nitrogens with zero attached hydrogens (tertiary/aromatic N) is 2. The van der Waals surface area contributed by atoms with Gasteiger partial charge in [0.1, 0.15) is 24.7 Å². The van der Waals surface area contributed by atoms with E-state index in [9.17, 15) is 9.59 Å². The molecule has 1 aliphatic heterocycles. The Hall–Kier alpha value is -3.32. The lowest BCUT2D eigenvalue weighted by atomic mass is 10.00. The molecule has 0 N–H and O–H groups in total. The van der Waals surface area contributed by atoms with Crippen LogP contribution < -0.4 is 9.47 Å². The summed E-state index contributed by atoms with van der Waals surface area (Å²) in [5, 5.41) is 2.07. The fourth-order valence-corrected chi connectivity index (χ4v) is 5.30. The van der Waals surface area contributed by atoms with Gasteiger partial charge in [0.2, 0.25) is 5.91 Å². The first-order valence-corrected chi connectivity index (χ1v) is 12.9. The molecule has 0 saturated carbocycles. The SMILES string of the molecule is CC[C@H](C)N(CC(=O)N1CCc2sccc2[C@@H]1COc1cccc(OC)c1)C(=O)c1ccccc1. The summed E-state index contributed by atoms with van der Waals surface area (Å²) in [6.07, 6.45) is 1.58. The van der Waals surface area contributed by atoms with Crippen LogP contribution in [0.5, 0.6) is 11.5 Å². The zero-order chi connectivity index (χ0) is 24.8. The Morgan fingerprint density at radius 1 is 1.11 bits per heavy atom. The minimum absolute atomic E-state index is 0.0395. The normalized spacial score (nSPS) is 15.7. The highest BCUT2D eigenvalue weighted by Crippen LogP contribution is 2.34. The van der Waals surface area contributed by atoms with E-state index in [2.05, 4.69) is 11.4 Å². The van der Waals surface area contributed by atoms with Crippen molar-refractivity contribution in [2.24, 2.45) is 0 Å².